The first-order valence-corrected chi connectivity index (χ1v) is 12.6. The number of amides is 3. The normalized spacial score (nSPS) is 15.5. The average Bonchev–Trinajstić information content (AvgIpc) is 3.37. The minimum absolute atomic E-state index is 0.100. The molecule has 13 nitrogen and oxygen atoms in total. The molecule has 2 aromatic rings. The number of likely N-dealkylation sites (tertiary alicyclic amines) is 1. The van der Waals surface area contributed by atoms with Crippen LogP contribution in [0.25, 0.3) is 0 Å². The van der Waals surface area contributed by atoms with E-state index in [1.54, 1.807) is 52.0 Å². The predicted molar refractivity (Wildman–Crippen MR) is 143 cm³/mol. The highest BCUT2D eigenvalue weighted by Gasteiger charge is 2.36. The van der Waals surface area contributed by atoms with Gasteiger partial charge in [0, 0.05) is 24.4 Å². The fourth-order valence-electron chi connectivity index (χ4n) is 3.91. The second-order valence-corrected chi connectivity index (χ2v) is 10.1. The van der Waals surface area contributed by atoms with Gasteiger partial charge in [-0.15, -0.1) is 0 Å². The van der Waals surface area contributed by atoms with Crippen LogP contribution in [0.5, 0.6) is 5.75 Å². The molecule has 2 atom stereocenters. The third-order valence-electron chi connectivity index (χ3n) is 5.77. The number of ether oxygens (including phenoxy) is 3. The lowest BCUT2D eigenvalue weighted by atomic mass is 10.1. The molecule has 0 radical (unpaired) electrons. The van der Waals surface area contributed by atoms with Crippen LogP contribution in [-0.2, 0) is 25.7 Å². The van der Waals surface area contributed by atoms with Gasteiger partial charge in [-0.05, 0) is 70.4 Å². The Labute approximate surface area is 230 Å². The van der Waals surface area contributed by atoms with Crippen LogP contribution in [0.4, 0.5) is 21.0 Å². The van der Waals surface area contributed by atoms with Gasteiger partial charge >= 0.3 is 12.2 Å². The van der Waals surface area contributed by atoms with Crippen molar-refractivity contribution in [3.63, 3.8) is 0 Å². The van der Waals surface area contributed by atoms with Crippen LogP contribution in [0, 0.1) is 10.1 Å². The molecule has 1 fully saturated rings. The Morgan fingerprint density at radius 2 is 1.73 bits per heavy atom. The van der Waals surface area contributed by atoms with Crippen molar-refractivity contribution < 1.29 is 38.3 Å². The molecule has 1 aliphatic heterocycles. The van der Waals surface area contributed by atoms with E-state index in [1.165, 1.54) is 29.2 Å². The van der Waals surface area contributed by atoms with Gasteiger partial charge in [0.1, 0.15) is 30.0 Å². The minimum atomic E-state index is -0.979. The van der Waals surface area contributed by atoms with Crippen molar-refractivity contribution in [1.82, 2.24) is 10.2 Å². The van der Waals surface area contributed by atoms with Crippen molar-refractivity contribution in [2.45, 2.75) is 64.8 Å². The summed E-state index contributed by atoms with van der Waals surface area (Å²) >= 11 is 0. The van der Waals surface area contributed by atoms with Crippen molar-refractivity contribution in [3.8, 4) is 5.75 Å². The van der Waals surface area contributed by atoms with Gasteiger partial charge in [0.05, 0.1) is 4.92 Å². The highest BCUT2D eigenvalue weighted by atomic mass is 16.7. The van der Waals surface area contributed by atoms with E-state index in [-0.39, 0.29) is 29.9 Å². The number of nitro groups is 1. The monoisotopic (exact) mass is 556 g/mol. The number of benzene rings is 2. The van der Waals surface area contributed by atoms with E-state index in [0.717, 1.165) is 0 Å². The van der Waals surface area contributed by atoms with Gasteiger partial charge < -0.3 is 29.7 Å². The van der Waals surface area contributed by atoms with E-state index < -0.39 is 34.9 Å². The van der Waals surface area contributed by atoms with E-state index in [4.69, 9.17) is 14.2 Å². The first-order valence-electron chi connectivity index (χ1n) is 12.6. The molecule has 1 aliphatic rings. The molecule has 0 bridgehead atoms. The Morgan fingerprint density at radius 1 is 1.07 bits per heavy atom. The number of hydrogen-bond donors (Lipinski definition) is 2. The zero-order chi connectivity index (χ0) is 29.4. The maximum Gasteiger partial charge on any atom is 0.514 e. The second kappa shape index (κ2) is 12.9. The lowest BCUT2D eigenvalue weighted by Crippen LogP contribution is -2.52. The molecular formula is C27H32N4O9. The van der Waals surface area contributed by atoms with Crippen LogP contribution in [0.1, 0.15) is 46.1 Å². The molecule has 40 heavy (non-hydrogen) atoms. The van der Waals surface area contributed by atoms with Gasteiger partial charge in [-0.3, -0.25) is 19.7 Å². The number of nitrogens with zero attached hydrogens (tertiary/aromatic N) is 2. The van der Waals surface area contributed by atoms with Gasteiger partial charge in [-0.1, -0.05) is 12.1 Å². The predicted octanol–water partition coefficient (Wildman–Crippen LogP) is 4.15. The Hall–Kier alpha value is -4.68. The first-order chi connectivity index (χ1) is 18.8. The third-order valence-corrected chi connectivity index (χ3v) is 5.77. The number of non-ortho nitro benzene ring substituents is 1. The van der Waals surface area contributed by atoms with Crippen molar-refractivity contribution in [2.24, 2.45) is 0 Å². The summed E-state index contributed by atoms with van der Waals surface area (Å²) < 4.78 is 15.3. The molecule has 214 valence electrons. The standard InChI is InChI=1S/C27H32N4O9/c1-17(28-25(34)40-27(2,3)4)24(33)30-15-5-6-22(30)23(32)29-19-9-7-18(8-10-19)16-38-26(35)39-21-13-11-20(12-14-21)31(36)37/h7-14,17,22H,5-6,15-16H2,1-4H3,(H,28,34)(H,29,32)/t17-,22+/m1/s1. The Balaban J connectivity index is 1.48. The number of anilines is 1. The van der Waals surface area contributed by atoms with Crippen LogP contribution in [0.15, 0.2) is 48.5 Å². The molecule has 2 aromatic carbocycles. The Kier molecular flexibility index (Phi) is 9.64. The highest BCUT2D eigenvalue weighted by Crippen LogP contribution is 2.22. The lowest BCUT2D eigenvalue weighted by molar-refractivity contribution is -0.384. The number of rotatable bonds is 8. The average molecular weight is 557 g/mol. The van der Waals surface area contributed by atoms with Crippen molar-refractivity contribution in [3.05, 3.63) is 64.2 Å². The number of hydrogen-bond acceptors (Lipinski definition) is 9. The van der Waals surface area contributed by atoms with Crippen LogP contribution in [-0.4, -0.2) is 58.1 Å². The molecule has 0 aliphatic carbocycles. The molecular weight excluding hydrogens is 524 g/mol. The number of nitrogens with one attached hydrogen (secondary N) is 2. The summed E-state index contributed by atoms with van der Waals surface area (Å²) in [4.78, 5) is 61.4. The van der Waals surface area contributed by atoms with Gasteiger partial charge in [0.25, 0.3) is 5.69 Å². The van der Waals surface area contributed by atoms with Crippen molar-refractivity contribution in [1.29, 1.82) is 0 Å². The molecule has 0 aromatic heterocycles. The van der Waals surface area contributed by atoms with Gasteiger partial charge in [0.2, 0.25) is 11.8 Å². The molecule has 3 amide bonds. The topological polar surface area (TPSA) is 166 Å². The summed E-state index contributed by atoms with van der Waals surface area (Å²) in [5, 5.41) is 16.0. The number of carbonyl (C=O) groups is 4. The molecule has 13 heteroatoms. The third kappa shape index (κ3) is 8.68. The van der Waals surface area contributed by atoms with Gasteiger partial charge in [-0.25, -0.2) is 9.59 Å². The second-order valence-electron chi connectivity index (χ2n) is 10.1. The van der Waals surface area contributed by atoms with E-state index in [9.17, 15) is 29.3 Å². The smallest absolute Gasteiger partial charge is 0.444 e. The van der Waals surface area contributed by atoms with Crippen LogP contribution in [0.3, 0.4) is 0 Å². The summed E-state index contributed by atoms with van der Waals surface area (Å²) in [6, 6.07) is 10.00. The van der Waals surface area contributed by atoms with E-state index in [0.29, 0.717) is 30.6 Å². The summed E-state index contributed by atoms with van der Waals surface area (Å²) in [6.45, 7) is 6.99. The van der Waals surface area contributed by atoms with Crippen LogP contribution >= 0.6 is 0 Å². The molecule has 0 saturated carbocycles. The molecule has 3 rings (SSSR count). The fraction of sp³-hybridized carbons (Fsp3) is 0.407. The van der Waals surface area contributed by atoms with Gasteiger partial charge in [-0.2, -0.15) is 0 Å². The SMILES string of the molecule is C[C@@H](NC(=O)OC(C)(C)C)C(=O)N1CCC[C@H]1C(=O)Nc1ccc(COC(=O)Oc2ccc([N+](=O)[O-])cc2)cc1. The van der Waals surface area contributed by atoms with Crippen LogP contribution in [0.2, 0.25) is 0 Å². The van der Waals surface area contributed by atoms with Crippen LogP contribution < -0.4 is 15.4 Å². The van der Waals surface area contributed by atoms with Crippen molar-refractivity contribution in [2.75, 3.05) is 11.9 Å². The number of nitro benzene ring substituents is 1. The fourth-order valence-corrected chi connectivity index (χ4v) is 3.91. The minimum Gasteiger partial charge on any atom is -0.444 e. The summed E-state index contributed by atoms with van der Waals surface area (Å²) in [5.41, 5.74) is 0.271. The highest BCUT2D eigenvalue weighted by molar-refractivity contribution is 5.98. The zero-order valence-electron chi connectivity index (χ0n) is 22.7. The van der Waals surface area contributed by atoms with E-state index >= 15 is 0 Å². The Bertz CT molecular complexity index is 1240. The first kappa shape index (κ1) is 29.9. The summed E-state index contributed by atoms with van der Waals surface area (Å²) in [6.07, 6.45) is -0.556. The Morgan fingerprint density at radius 3 is 2.33 bits per heavy atom. The van der Waals surface area contributed by atoms with E-state index in [2.05, 4.69) is 10.6 Å². The lowest BCUT2D eigenvalue weighted by Gasteiger charge is -2.28. The molecule has 1 saturated heterocycles. The molecule has 0 spiro atoms. The molecule has 1 heterocycles. The number of carbonyl (C=O) groups excluding carboxylic acids is 4. The van der Waals surface area contributed by atoms with Crippen molar-refractivity contribution >= 4 is 35.4 Å². The summed E-state index contributed by atoms with van der Waals surface area (Å²) in [7, 11) is 0. The zero-order valence-corrected chi connectivity index (χ0v) is 22.7. The van der Waals surface area contributed by atoms with E-state index in [1.807, 2.05) is 0 Å². The number of alkyl carbamates (subject to hydrolysis) is 1. The molecule has 0 unspecified atom stereocenters. The maximum atomic E-state index is 13.0. The van der Waals surface area contributed by atoms with Gasteiger partial charge in [0.15, 0.2) is 0 Å². The quantitative estimate of drug-likeness (QED) is 0.210. The maximum absolute atomic E-state index is 13.0. The largest absolute Gasteiger partial charge is 0.514 e. The molecule has 2 N–H and O–H groups in total. The summed E-state index contributed by atoms with van der Waals surface area (Å²) in [5.74, 6) is -0.634.